The first-order chi connectivity index (χ1) is 11.6. The van der Waals surface area contributed by atoms with Gasteiger partial charge in [-0.2, -0.15) is 0 Å². The quantitative estimate of drug-likeness (QED) is 0.781. The molecular weight excluding hydrogens is 302 g/mol. The molecular formula is C19H25N3O2. The Hall–Kier alpha value is -2.56. The largest absolute Gasteiger partial charge is 0.497 e. The van der Waals surface area contributed by atoms with Crippen LogP contribution < -0.4 is 15.4 Å². The minimum absolute atomic E-state index is 0.130. The third-order valence-corrected chi connectivity index (χ3v) is 3.89. The molecule has 2 rings (SSSR count). The van der Waals surface area contributed by atoms with Crippen molar-refractivity contribution in [3.05, 3.63) is 53.9 Å². The van der Waals surface area contributed by atoms with E-state index in [1.54, 1.807) is 19.4 Å². The number of hydrogen-bond acceptors (Lipinski definition) is 4. The van der Waals surface area contributed by atoms with Crippen LogP contribution in [0.3, 0.4) is 0 Å². The van der Waals surface area contributed by atoms with Crippen LogP contribution in [-0.4, -0.2) is 30.6 Å². The number of hydrogen-bond donors (Lipinski definition) is 2. The van der Waals surface area contributed by atoms with Crippen LogP contribution in [0.4, 0.5) is 5.69 Å². The van der Waals surface area contributed by atoms with Crippen LogP contribution in [0.5, 0.6) is 5.75 Å². The Morgan fingerprint density at radius 3 is 2.54 bits per heavy atom. The number of nitrogens with zero attached hydrogens (tertiary/aromatic N) is 1. The predicted molar refractivity (Wildman–Crippen MR) is 96.6 cm³/mol. The van der Waals surface area contributed by atoms with Crippen molar-refractivity contribution in [3.63, 3.8) is 0 Å². The summed E-state index contributed by atoms with van der Waals surface area (Å²) < 4.78 is 5.15. The number of pyridine rings is 1. The number of anilines is 1. The van der Waals surface area contributed by atoms with Crippen LogP contribution in [0.25, 0.3) is 0 Å². The standard InChI is InChI=1S/C19H25N3O2/c1-4-14(2)22-19(23)18-10-7-16(13-21-18)20-12-11-15-5-8-17(24-3)9-6-15/h5-10,13-14,20H,4,11-12H2,1-3H3,(H,22,23). The third kappa shape index (κ3) is 5.26. The van der Waals surface area contributed by atoms with E-state index in [1.165, 1.54) is 5.56 Å². The number of carbonyl (C=O) groups is 1. The maximum atomic E-state index is 12.0. The van der Waals surface area contributed by atoms with E-state index in [0.717, 1.165) is 30.8 Å². The summed E-state index contributed by atoms with van der Waals surface area (Å²) in [6.07, 6.45) is 3.50. The minimum Gasteiger partial charge on any atom is -0.497 e. The summed E-state index contributed by atoms with van der Waals surface area (Å²) in [6, 6.07) is 11.8. The third-order valence-electron chi connectivity index (χ3n) is 3.89. The first kappa shape index (κ1) is 17.8. The van der Waals surface area contributed by atoms with Crippen LogP contribution >= 0.6 is 0 Å². The number of benzene rings is 1. The van der Waals surface area contributed by atoms with Gasteiger partial charge >= 0.3 is 0 Å². The van der Waals surface area contributed by atoms with Gasteiger partial charge in [0.2, 0.25) is 0 Å². The number of aromatic nitrogens is 1. The first-order valence-corrected chi connectivity index (χ1v) is 8.26. The van der Waals surface area contributed by atoms with E-state index >= 15 is 0 Å². The number of nitrogens with one attached hydrogen (secondary N) is 2. The molecule has 0 aliphatic rings. The molecule has 0 aliphatic heterocycles. The molecule has 0 radical (unpaired) electrons. The van der Waals surface area contributed by atoms with Crippen LogP contribution in [0.15, 0.2) is 42.6 Å². The predicted octanol–water partition coefficient (Wildman–Crippen LogP) is 3.27. The second-order valence-corrected chi connectivity index (χ2v) is 5.74. The fourth-order valence-electron chi connectivity index (χ4n) is 2.18. The average molecular weight is 327 g/mol. The summed E-state index contributed by atoms with van der Waals surface area (Å²) in [5.74, 6) is 0.733. The van der Waals surface area contributed by atoms with Crippen molar-refractivity contribution < 1.29 is 9.53 Å². The van der Waals surface area contributed by atoms with E-state index in [2.05, 4.69) is 27.8 Å². The van der Waals surface area contributed by atoms with E-state index in [-0.39, 0.29) is 11.9 Å². The van der Waals surface area contributed by atoms with Gasteiger partial charge in [0.1, 0.15) is 11.4 Å². The van der Waals surface area contributed by atoms with Crippen molar-refractivity contribution in [3.8, 4) is 5.75 Å². The molecule has 1 aromatic heterocycles. The van der Waals surface area contributed by atoms with Gasteiger partial charge in [0.15, 0.2) is 0 Å². The zero-order chi connectivity index (χ0) is 17.4. The molecule has 0 spiro atoms. The fraction of sp³-hybridized carbons (Fsp3) is 0.368. The molecule has 5 heteroatoms. The molecule has 0 fully saturated rings. The molecule has 1 unspecified atom stereocenters. The Bertz CT molecular complexity index is 639. The zero-order valence-corrected chi connectivity index (χ0v) is 14.5. The second kappa shape index (κ2) is 8.91. The first-order valence-electron chi connectivity index (χ1n) is 8.26. The lowest BCUT2D eigenvalue weighted by Gasteiger charge is -2.11. The molecule has 1 heterocycles. The number of methoxy groups -OCH3 is 1. The molecule has 128 valence electrons. The highest BCUT2D eigenvalue weighted by Crippen LogP contribution is 2.12. The Labute approximate surface area is 143 Å². The number of rotatable bonds is 8. The smallest absolute Gasteiger partial charge is 0.270 e. The Morgan fingerprint density at radius 1 is 1.21 bits per heavy atom. The van der Waals surface area contributed by atoms with E-state index in [9.17, 15) is 4.79 Å². The summed E-state index contributed by atoms with van der Waals surface area (Å²) >= 11 is 0. The minimum atomic E-state index is -0.130. The summed E-state index contributed by atoms with van der Waals surface area (Å²) in [6.45, 7) is 4.81. The van der Waals surface area contributed by atoms with Crippen molar-refractivity contribution in [1.29, 1.82) is 0 Å². The molecule has 0 bridgehead atoms. The van der Waals surface area contributed by atoms with Gasteiger partial charge in [-0.15, -0.1) is 0 Å². The molecule has 0 saturated heterocycles. The van der Waals surface area contributed by atoms with Gasteiger partial charge in [0.25, 0.3) is 5.91 Å². The molecule has 1 atom stereocenters. The molecule has 5 nitrogen and oxygen atoms in total. The van der Waals surface area contributed by atoms with E-state index in [0.29, 0.717) is 5.69 Å². The lowest BCUT2D eigenvalue weighted by Crippen LogP contribution is -2.32. The molecule has 1 amide bonds. The molecule has 0 aliphatic carbocycles. The van der Waals surface area contributed by atoms with Gasteiger partial charge in [0, 0.05) is 12.6 Å². The zero-order valence-electron chi connectivity index (χ0n) is 14.5. The van der Waals surface area contributed by atoms with Gasteiger partial charge in [-0.25, -0.2) is 4.98 Å². The van der Waals surface area contributed by atoms with Crippen molar-refractivity contribution in [2.75, 3.05) is 19.0 Å². The average Bonchev–Trinajstić information content (AvgIpc) is 2.62. The topological polar surface area (TPSA) is 63.2 Å². The van der Waals surface area contributed by atoms with Gasteiger partial charge < -0.3 is 15.4 Å². The van der Waals surface area contributed by atoms with Gasteiger partial charge in [-0.05, 0) is 49.6 Å². The van der Waals surface area contributed by atoms with E-state index in [4.69, 9.17) is 4.74 Å². The van der Waals surface area contributed by atoms with Crippen molar-refractivity contribution in [2.45, 2.75) is 32.7 Å². The van der Waals surface area contributed by atoms with E-state index < -0.39 is 0 Å². The summed E-state index contributed by atoms with van der Waals surface area (Å²) in [7, 11) is 1.66. The Kier molecular flexibility index (Phi) is 6.61. The molecule has 2 aromatic rings. The monoisotopic (exact) mass is 327 g/mol. The highest BCUT2D eigenvalue weighted by atomic mass is 16.5. The molecule has 1 aromatic carbocycles. The summed E-state index contributed by atoms with van der Waals surface area (Å²) in [5.41, 5.74) is 2.58. The Balaban J connectivity index is 1.81. The summed E-state index contributed by atoms with van der Waals surface area (Å²) in [5, 5.41) is 6.22. The molecule has 2 N–H and O–H groups in total. The second-order valence-electron chi connectivity index (χ2n) is 5.74. The highest BCUT2D eigenvalue weighted by Gasteiger charge is 2.09. The number of carbonyl (C=O) groups excluding carboxylic acids is 1. The van der Waals surface area contributed by atoms with Gasteiger partial charge in [-0.3, -0.25) is 4.79 Å². The van der Waals surface area contributed by atoms with Crippen molar-refractivity contribution >= 4 is 11.6 Å². The summed E-state index contributed by atoms with van der Waals surface area (Å²) in [4.78, 5) is 16.2. The lowest BCUT2D eigenvalue weighted by atomic mass is 10.1. The maximum absolute atomic E-state index is 12.0. The molecule has 24 heavy (non-hydrogen) atoms. The SMILES string of the molecule is CCC(C)NC(=O)c1ccc(NCCc2ccc(OC)cc2)cn1. The van der Waals surface area contributed by atoms with Gasteiger partial charge in [0.05, 0.1) is 19.0 Å². The van der Waals surface area contributed by atoms with Crippen LogP contribution in [0.1, 0.15) is 36.3 Å². The highest BCUT2D eigenvalue weighted by molar-refractivity contribution is 5.92. The van der Waals surface area contributed by atoms with Crippen LogP contribution in [-0.2, 0) is 6.42 Å². The van der Waals surface area contributed by atoms with Crippen LogP contribution in [0.2, 0.25) is 0 Å². The van der Waals surface area contributed by atoms with Gasteiger partial charge in [-0.1, -0.05) is 19.1 Å². The maximum Gasteiger partial charge on any atom is 0.270 e. The Morgan fingerprint density at radius 2 is 1.96 bits per heavy atom. The molecule has 0 saturated carbocycles. The fourth-order valence-corrected chi connectivity index (χ4v) is 2.18. The number of ether oxygens (including phenoxy) is 1. The lowest BCUT2D eigenvalue weighted by molar-refractivity contribution is 0.0934. The van der Waals surface area contributed by atoms with E-state index in [1.807, 2.05) is 32.0 Å². The normalized spacial score (nSPS) is 11.6. The van der Waals surface area contributed by atoms with Crippen molar-refractivity contribution in [1.82, 2.24) is 10.3 Å². The van der Waals surface area contributed by atoms with Crippen molar-refractivity contribution in [2.24, 2.45) is 0 Å². The number of amides is 1. The van der Waals surface area contributed by atoms with Crippen LogP contribution in [0, 0.1) is 0 Å².